The number of hydrogen-bond acceptors (Lipinski definition) is 5. The fraction of sp³-hybridized carbons (Fsp3) is 0.136. The van der Waals surface area contributed by atoms with E-state index in [1.54, 1.807) is 41.7 Å². The second-order valence-corrected chi connectivity index (χ2v) is 7.85. The summed E-state index contributed by atoms with van der Waals surface area (Å²) in [6.45, 7) is 0. The van der Waals surface area contributed by atoms with Crippen molar-refractivity contribution in [2.24, 2.45) is 5.92 Å². The molecule has 0 N–H and O–H groups in total. The zero-order valence-corrected chi connectivity index (χ0v) is 16.8. The van der Waals surface area contributed by atoms with E-state index in [1.807, 2.05) is 42.5 Å². The molecule has 0 bridgehead atoms. The highest BCUT2D eigenvalue weighted by Crippen LogP contribution is 2.47. The molecule has 2 aromatic carbocycles. The van der Waals surface area contributed by atoms with Crippen LogP contribution in [0.3, 0.4) is 0 Å². The quantitative estimate of drug-likeness (QED) is 0.567. The summed E-state index contributed by atoms with van der Waals surface area (Å²) in [6, 6.07) is 19.8. The normalized spacial score (nSPS) is 23.6. The van der Waals surface area contributed by atoms with Crippen molar-refractivity contribution in [1.29, 1.82) is 0 Å². The van der Waals surface area contributed by atoms with Gasteiger partial charge in [0.25, 0.3) is 5.91 Å². The van der Waals surface area contributed by atoms with Gasteiger partial charge in [0.1, 0.15) is 5.92 Å². The minimum Gasteiger partial charge on any atom is -0.273 e. The molecule has 3 atom stereocenters. The van der Waals surface area contributed by atoms with Crippen LogP contribution in [0.4, 0.5) is 11.4 Å². The third-order valence-corrected chi connectivity index (χ3v) is 5.77. The summed E-state index contributed by atoms with van der Waals surface area (Å²) in [5.41, 5.74) is 2.14. The molecule has 2 fully saturated rings. The number of hydroxylamine groups is 1. The number of carbonyl (C=O) groups is 2. The molecular weight excluding hydrogens is 434 g/mol. The highest BCUT2D eigenvalue weighted by molar-refractivity contribution is 9.10. The van der Waals surface area contributed by atoms with Crippen LogP contribution in [0.25, 0.3) is 0 Å². The summed E-state index contributed by atoms with van der Waals surface area (Å²) in [7, 11) is 0. The third kappa shape index (κ3) is 2.94. The van der Waals surface area contributed by atoms with E-state index in [-0.39, 0.29) is 11.8 Å². The number of aromatic nitrogens is 1. The van der Waals surface area contributed by atoms with Crippen LogP contribution in [0.5, 0.6) is 0 Å². The molecule has 6 nitrogen and oxygen atoms in total. The molecular formula is C22H16BrN3O3. The Morgan fingerprint density at radius 1 is 0.862 bits per heavy atom. The standard InChI is InChI=1S/C22H16BrN3O3/c23-15-8-10-17(11-9-15)26-19(14-5-4-12-24-13-14)18-20(29-26)22(28)25(21(18)27)16-6-2-1-3-7-16/h1-13,18-20H. The second-order valence-electron chi connectivity index (χ2n) is 6.93. The number of benzene rings is 2. The largest absolute Gasteiger partial charge is 0.273 e. The molecule has 29 heavy (non-hydrogen) atoms. The molecule has 1 aromatic heterocycles. The van der Waals surface area contributed by atoms with E-state index >= 15 is 0 Å². The summed E-state index contributed by atoms with van der Waals surface area (Å²) in [5, 5.41) is 1.66. The number of para-hydroxylation sites is 1. The number of fused-ring (bicyclic) bond motifs is 1. The van der Waals surface area contributed by atoms with Gasteiger partial charge in [-0.15, -0.1) is 0 Å². The molecule has 0 saturated carbocycles. The third-order valence-electron chi connectivity index (χ3n) is 5.24. The minimum atomic E-state index is -0.878. The van der Waals surface area contributed by atoms with Crippen molar-refractivity contribution in [3.05, 3.63) is 89.2 Å². The minimum absolute atomic E-state index is 0.264. The van der Waals surface area contributed by atoms with Gasteiger partial charge in [0.2, 0.25) is 5.91 Å². The van der Waals surface area contributed by atoms with Crippen molar-refractivity contribution < 1.29 is 14.4 Å². The summed E-state index contributed by atoms with van der Waals surface area (Å²) < 4.78 is 0.931. The SMILES string of the molecule is O=C1C2ON(c3ccc(Br)cc3)C(c3cccnc3)C2C(=O)N1c1ccccc1. The molecule has 2 saturated heterocycles. The van der Waals surface area contributed by atoms with Crippen LogP contribution in [0.2, 0.25) is 0 Å². The highest BCUT2D eigenvalue weighted by Gasteiger charge is 2.60. The maximum atomic E-state index is 13.4. The molecule has 5 rings (SSSR count). The number of anilines is 2. The summed E-state index contributed by atoms with van der Waals surface area (Å²) in [4.78, 5) is 38.1. The van der Waals surface area contributed by atoms with Crippen molar-refractivity contribution in [3.63, 3.8) is 0 Å². The summed E-state index contributed by atoms with van der Waals surface area (Å²) in [6.07, 6.45) is 2.51. The fourth-order valence-electron chi connectivity index (χ4n) is 3.95. The van der Waals surface area contributed by atoms with Crippen molar-refractivity contribution in [2.75, 3.05) is 9.96 Å². The van der Waals surface area contributed by atoms with E-state index in [0.29, 0.717) is 5.69 Å². The van der Waals surface area contributed by atoms with Crippen molar-refractivity contribution in [1.82, 2.24) is 4.98 Å². The lowest BCUT2D eigenvalue weighted by Crippen LogP contribution is -2.37. The van der Waals surface area contributed by atoms with Gasteiger partial charge >= 0.3 is 0 Å². The summed E-state index contributed by atoms with van der Waals surface area (Å²) in [5.74, 6) is -1.27. The predicted octanol–water partition coefficient (Wildman–Crippen LogP) is 3.90. The Morgan fingerprint density at radius 3 is 2.31 bits per heavy atom. The van der Waals surface area contributed by atoms with Gasteiger partial charge in [-0.05, 0) is 48.0 Å². The maximum Gasteiger partial charge on any atom is 0.266 e. The predicted molar refractivity (Wildman–Crippen MR) is 111 cm³/mol. The van der Waals surface area contributed by atoms with Crippen molar-refractivity contribution >= 4 is 39.1 Å². The molecule has 0 spiro atoms. The van der Waals surface area contributed by atoms with Crippen LogP contribution < -0.4 is 9.96 Å². The molecule has 0 aliphatic carbocycles. The highest BCUT2D eigenvalue weighted by atomic mass is 79.9. The topological polar surface area (TPSA) is 62.7 Å². The van der Waals surface area contributed by atoms with Gasteiger partial charge in [-0.1, -0.05) is 40.2 Å². The fourth-order valence-corrected chi connectivity index (χ4v) is 4.21. The number of halogens is 1. The lowest BCUT2D eigenvalue weighted by atomic mass is 9.91. The first-order valence-corrected chi connectivity index (χ1v) is 9.99. The van der Waals surface area contributed by atoms with Crippen molar-refractivity contribution in [2.45, 2.75) is 12.1 Å². The number of carbonyl (C=O) groups excluding carboxylic acids is 2. The lowest BCUT2D eigenvalue weighted by molar-refractivity contribution is -0.126. The average Bonchev–Trinajstić information content (AvgIpc) is 3.26. The number of pyridine rings is 1. The van der Waals surface area contributed by atoms with Crippen LogP contribution >= 0.6 is 15.9 Å². The first-order valence-electron chi connectivity index (χ1n) is 9.19. The van der Waals surface area contributed by atoms with Crippen LogP contribution in [0.15, 0.2) is 83.6 Å². The summed E-state index contributed by atoms with van der Waals surface area (Å²) >= 11 is 3.43. The Hall–Kier alpha value is -3.03. The van der Waals surface area contributed by atoms with Gasteiger partial charge < -0.3 is 0 Å². The Bertz CT molecular complexity index is 1060. The van der Waals surface area contributed by atoms with E-state index < -0.39 is 18.1 Å². The van der Waals surface area contributed by atoms with Crippen LogP contribution in [0.1, 0.15) is 11.6 Å². The molecule has 2 aliphatic rings. The Kier molecular flexibility index (Phi) is 4.41. The number of imide groups is 1. The zero-order chi connectivity index (χ0) is 20.0. The Balaban J connectivity index is 1.58. The lowest BCUT2D eigenvalue weighted by Gasteiger charge is -2.28. The molecule has 3 aromatic rings. The van der Waals surface area contributed by atoms with Gasteiger partial charge in [0.15, 0.2) is 6.10 Å². The molecule has 2 aliphatic heterocycles. The van der Waals surface area contributed by atoms with Crippen LogP contribution in [0, 0.1) is 5.92 Å². The smallest absolute Gasteiger partial charge is 0.266 e. The van der Waals surface area contributed by atoms with Crippen LogP contribution in [-0.4, -0.2) is 22.9 Å². The van der Waals surface area contributed by atoms with Crippen molar-refractivity contribution in [3.8, 4) is 0 Å². The second kappa shape index (κ2) is 7.09. The van der Waals surface area contributed by atoms with E-state index in [0.717, 1.165) is 15.7 Å². The molecule has 3 unspecified atom stereocenters. The van der Waals surface area contributed by atoms with Gasteiger partial charge in [0, 0.05) is 16.9 Å². The number of hydrogen-bond donors (Lipinski definition) is 0. The molecule has 0 radical (unpaired) electrons. The zero-order valence-electron chi connectivity index (χ0n) is 15.2. The first kappa shape index (κ1) is 18.0. The number of amides is 2. The van der Waals surface area contributed by atoms with E-state index in [9.17, 15) is 9.59 Å². The van der Waals surface area contributed by atoms with E-state index in [1.165, 1.54) is 4.90 Å². The molecule has 144 valence electrons. The van der Waals surface area contributed by atoms with E-state index in [4.69, 9.17) is 4.84 Å². The molecule has 7 heteroatoms. The number of rotatable bonds is 3. The molecule has 3 heterocycles. The van der Waals surface area contributed by atoms with E-state index in [2.05, 4.69) is 20.9 Å². The maximum absolute atomic E-state index is 13.4. The number of nitrogens with zero attached hydrogens (tertiary/aromatic N) is 3. The van der Waals surface area contributed by atoms with Gasteiger partial charge in [-0.3, -0.25) is 19.4 Å². The average molecular weight is 450 g/mol. The van der Waals surface area contributed by atoms with Crippen LogP contribution in [-0.2, 0) is 14.4 Å². The monoisotopic (exact) mass is 449 g/mol. The van der Waals surface area contributed by atoms with Gasteiger partial charge in [0.05, 0.1) is 17.4 Å². The first-order chi connectivity index (χ1) is 14.1. The molecule has 2 amide bonds. The van der Waals surface area contributed by atoms with Gasteiger partial charge in [-0.25, -0.2) is 9.96 Å². The Labute approximate surface area is 175 Å². The Morgan fingerprint density at radius 2 is 1.62 bits per heavy atom. The van der Waals surface area contributed by atoms with Gasteiger partial charge in [-0.2, -0.15) is 0 Å².